The van der Waals surface area contributed by atoms with Crippen LogP contribution in [0.3, 0.4) is 0 Å². The first-order chi connectivity index (χ1) is 19.0. The number of methoxy groups -OCH3 is 1. The van der Waals surface area contributed by atoms with Gasteiger partial charge >= 0.3 is 0 Å². The van der Waals surface area contributed by atoms with Crippen molar-refractivity contribution < 1.29 is 27.7 Å². The van der Waals surface area contributed by atoms with E-state index in [4.69, 9.17) is 4.74 Å². The highest BCUT2D eigenvalue weighted by molar-refractivity contribution is 7.92. The molecule has 0 heterocycles. The smallest absolute Gasteiger partial charge is 0.271 e. The predicted octanol–water partition coefficient (Wildman–Crippen LogP) is 3.93. The second kappa shape index (κ2) is 13.6. The number of nitrogens with zero attached hydrogens (tertiary/aromatic N) is 3. The van der Waals surface area contributed by atoms with Crippen molar-refractivity contribution in [3.8, 4) is 5.75 Å². The quantitative estimate of drug-likeness (QED) is 0.299. The lowest BCUT2D eigenvalue weighted by Crippen LogP contribution is -2.54. The number of amides is 2. The van der Waals surface area contributed by atoms with Gasteiger partial charge in [0.25, 0.3) is 5.69 Å². The first-order valence-electron chi connectivity index (χ1n) is 13.4. The molecule has 0 unspecified atom stereocenters. The molecule has 0 spiro atoms. The number of nitrogens with one attached hydrogen (secondary N) is 1. The van der Waals surface area contributed by atoms with Crippen LogP contribution in [0.2, 0.25) is 0 Å². The first-order valence-corrected chi connectivity index (χ1v) is 15.3. The maximum Gasteiger partial charge on any atom is 0.271 e. The molecule has 0 aromatic heterocycles. The monoisotopic (exact) mass is 574 g/mol. The summed E-state index contributed by atoms with van der Waals surface area (Å²) in [6, 6.07) is 10.2. The third kappa shape index (κ3) is 7.71. The molecule has 12 heteroatoms. The molecule has 3 rings (SSSR count). The molecule has 0 radical (unpaired) electrons. The Labute approximate surface area is 235 Å². The van der Waals surface area contributed by atoms with Crippen LogP contribution in [-0.2, 0) is 26.2 Å². The number of aryl methyl sites for hydroxylation is 1. The molecule has 1 N–H and O–H groups in total. The van der Waals surface area contributed by atoms with E-state index in [9.17, 15) is 28.1 Å². The van der Waals surface area contributed by atoms with Crippen LogP contribution in [-0.4, -0.2) is 62.0 Å². The summed E-state index contributed by atoms with van der Waals surface area (Å²) in [4.78, 5) is 39.7. The van der Waals surface area contributed by atoms with Crippen LogP contribution < -0.4 is 14.4 Å². The van der Waals surface area contributed by atoms with E-state index < -0.39 is 33.4 Å². The molecule has 1 aliphatic carbocycles. The highest BCUT2D eigenvalue weighted by Gasteiger charge is 2.34. The van der Waals surface area contributed by atoms with E-state index in [1.54, 1.807) is 6.92 Å². The van der Waals surface area contributed by atoms with E-state index >= 15 is 0 Å². The van der Waals surface area contributed by atoms with Gasteiger partial charge in [0.2, 0.25) is 21.8 Å². The van der Waals surface area contributed by atoms with Gasteiger partial charge in [0.15, 0.2) is 0 Å². The highest BCUT2D eigenvalue weighted by Crippen LogP contribution is 2.34. The fourth-order valence-electron chi connectivity index (χ4n) is 5.02. The van der Waals surface area contributed by atoms with Gasteiger partial charge in [0.1, 0.15) is 24.0 Å². The van der Waals surface area contributed by atoms with Crippen molar-refractivity contribution in [2.45, 2.75) is 71.0 Å². The fraction of sp³-hybridized carbons (Fsp3) is 0.500. The van der Waals surface area contributed by atoms with Gasteiger partial charge in [0.05, 0.1) is 18.3 Å². The molecule has 0 saturated heterocycles. The number of sulfonamides is 1. The zero-order valence-electron chi connectivity index (χ0n) is 23.5. The Bertz CT molecular complexity index is 1330. The van der Waals surface area contributed by atoms with Crippen LogP contribution in [0.15, 0.2) is 42.5 Å². The van der Waals surface area contributed by atoms with Crippen molar-refractivity contribution in [2.75, 3.05) is 24.2 Å². The predicted molar refractivity (Wildman–Crippen MR) is 153 cm³/mol. The lowest BCUT2D eigenvalue weighted by atomic mass is 9.95. The van der Waals surface area contributed by atoms with Crippen LogP contribution in [0.25, 0.3) is 0 Å². The number of hydrogen-bond acceptors (Lipinski definition) is 7. The van der Waals surface area contributed by atoms with E-state index in [-0.39, 0.29) is 35.6 Å². The number of ether oxygens (including phenoxy) is 1. The molecular formula is C28H38N4O7S. The number of anilines is 1. The van der Waals surface area contributed by atoms with E-state index in [0.717, 1.165) is 59.9 Å². The van der Waals surface area contributed by atoms with Gasteiger partial charge in [-0.05, 0) is 43.4 Å². The molecule has 1 fully saturated rings. The summed E-state index contributed by atoms with van der Waals surface area (Å²) >= 11 is 0. The lowest BCUT2D eigenvalue weighted by Gasteiger charge is -2.34. The molecule has 1 aliphatic rings. The van der Waals surface area contributed by atoms with Crippen molar-refractivity contribution in [1.29, 1.82) is 0 Å². The van der Waals surface area contributed by atoms with Crippen molar-refractivity contribution in [1.82, 2.24) is 10.2 Å². The maximum absolute atomic E-state index is 14.0. The molecule has 1 atom stereocenters. The zero-order valence-corrected chi connectivity index (χ0v) is 24.3. The number of non-ortho nitro benzene ring substituents is 1. The van der Waals surface area contributed by atoms with Crippen LogP contribution in [0, 0.1) is 17.0 Å². The Morgan fingerprint density at radius 1 is 1.15 bits per heavy atom. The minimum absolute atomic E-state index is 0.0346. The average molecular weight is 575 g/mol. The Balaban J connectivity index is 2.01. The minimum Gasteiger partial charge on any atom is -0.495 e. The Morgan fingerprint density at radius 2 is 1.82 bits per heavy atom. The van der Waals surface area contributed by atoms with Gasteiger partial charge in [-0.1, -0.05) is 50.5 Å². The molecule has 11 nitrogen and oxygen atoms in total. The van der Waals surface area contributed by atoms with Gasteiger partial charge < -0.3 is 15.0 Å². The summed E-state index contributed by atoms with van der Waals surface area (Å²) in [5.41, 5.74) is 1.25. The molecule has 218 valence electrons. The highest BCUT2D eigenvalue weighted by atomic mass is 32.2. The maximum atomic E-state index is 14.0. The zero-order chi connectivity index (χ0) is 29.4. The number of carbonyl (C=O) groups is 2. The number of rotatable bonds is 12. The Kier molecular flexibility index (Phi) is 10.5. The number of nitro benzene ring substituents is 1. The first kappa shape index (κ1) is 30.9. The summed E-state index contributed by atoms with van der Waals surface area (Å²) < 4.78 is 31.9. The van der Waals surface area contributed by atoms with E-state index in [1.165, 1.54) is 24.1 Å². The van der Waals surface area contributed by atoms with Gasteiger partial charge in [-0.3, -0.25) is 24.0 Å². The normalized spacial score (nSPS) is 14.7. The van der Waals surface area contributed by atoms with E-state index in [2.05, 4.69) is 5.32 Å². The van der Waals surface area contributed by atoms with Crippen molar-refractivity contribution in [3.05, 3.63) is 63.7 Å². The lowest BCUT2D eigenvalue weighted by molar-refractivity contribution is -0.384. The second-order valence-electron chi connectivity index (χ2n) is 10.1. The van der Waals surface area contributed by atoms with Crippen molar-refractivity contribution in [3.63, 3.8) is 0 Å². The Hall–Kier alpha value is -3.67. The average Bonchev–Trinajstić information content (AvgIpc) is 2.92. The largest absolute Gasteiger partial charge is 0.495 e. The fourth-order valence-corrected chi connectivity index (χ4v) is 5.86. The minimum atomic E-state index is -4.10. The van der Waals surface area contributed by atoms with E-state index in [0.29, 0.717) is 6.42 Å². The summed E-state index contributed by atoms with van der Waals surface area (Å²) in [6.45, 7) is 3.13. The standard InChI is InChI=1S/C28H38N4O7S/c1-5-24(28(34)29-22-13-7-6-8-14-22)30(18-21-12-10-9-11-20(21)2)27(33)19-31(40(4,37)38)25-17-23(32(35)36)15-16-26(25)39-3/h9-12,15-17,22,24H,5-8,13-14,18-19H2,1-4H3,(H,29,34)/t24-/m1/s1. The van der Waals surface area contributed by atoms with Gasteiger partial charge in [0, 0.05) is 24.7 Å². The second-order valence-corrected chi connectivity index (χ2v) is 12.0. The van der Waals surface area contributed by atoms with Crippen LogP contribution >= 0.6 is 0 Å². The molecule has 40 heavy (non-hydrogen) atoms. The molecule has 1 saturated carbocycles. The van der Waals surface area contributed by atoms with Crippen LogP contribution in [0.1, 0.15) is 56.6 Å². The summed E-state index contributed by atoms with van der Waals surface area (Å²) in [5.74, 6) is -0.848. The van der Waals surface area contributed by atoms with Crippen molar-refractivity contribution >= 4 is 33.2 Å². The summed E-state index contributed by atoms with van der Waals surface area (Å²) in [5, 5.41) is 14.5. The number of hydrogen-bond donors (Lipinski definition) is 1. The number of benzene rings is 2. The van der Waals surface area contributed by atoms with Gasteiger partial charge in [-0.15, -0.1) is 0 Å². The summed E-state index contributed by atoms with van der Waals surface area (Å²) in [6.07, 6.45) is 6.17. The SMILES string of the molecule is CC[C@H](C(=O)NC1CCCCC1)N(Cc1ccccc1C)C(=O)CN(c1cc([N+](=O)[O-])ccc1OC)S(C)(=O)=O. The van der Waals surface area contributed by atoms with E-state index in [1.807, 2.05) is 31.2 Å². The van der Waals surface area contributed by atoms with Gasteiger partial charge in [-0.25, -0.2) is 8.42 Å². The third-order valence-corrected chi connectivity index (χ3v) is 8.39. The number of carbonyl (C=O) groups excluding carboxylic acids is 2. The molecular weight excluding hydrogens is 536 g/mol. The Morgan fingerprint density at radius 3 is 2.40 bits per heavy atom. The molecule has 2 amide bonds. The molecule has 0 bridgehead atoms. The van der Waals surface area contributed by atoms with Crippen LogP contribution in [0.4, 0.5) is 11.4 Å². The van der Waals surface area contributed by atoms with Gasteiger partial charge in [-0.2, -0.15) is 0 Å². The molecule has 2 aromatic carbocycles. The third-order valence-electron chi connectivity index (χ3n) is 7.26. The molecule has 2 aromatic rings. The van der Waals surface area contributed by atoms with Crippen LogP contribution in [0.5, 0.6) is 5.75 Å². The number of nitro groups is 1. The topological polar surface area (TPSA) is 139 Å². The molecule has 0 aliphatic heterocycles. The van der Waals surface area contributed by atoms with Crippen molar-refractivity contribution in [2.24, 2.45) is 0 Å². The summed E-state index contributed by atoms with van der Waals surface area (Å²) in [7, 11) is -2.79.